The summed E-state index contributed by atoms with van der Waals surface area (Å²) in [7, 11) is 0. The predicted molar refractivity (Wildman–Crippen MR) is 65.1 cm³/mol. The Morgan fingerprint density at radius 3 is 2.62 bits per heavy atom. The number of aliphatic hydroxyl groups is 1. The van der Waals surface area contributed by atoms with Crippen LogP contribution in [0, 0.1) is 18.7 Å². The van der Waals surface area contributed by atoms with Crippen molar-refractivity contribution in [1.82, 2.24) is 0 Å². The number of aryl methyl sites for hydroxylation is 1. The third-order valence-corrected chi connectivity index (χ3v) is 3.08. The summed E-state index contributed by atoms with van der Waals surface area (Å²) in [6, 6.07) is 4.61. The Bertz CT molecular complexity index is 361. The molecular formula is C13H20FNO. The molecule has 0 spiro atoms. The summed E-state index contributed by atoms with van der Waals surface area (Å²) in [6.07, 6.45) is 0. The normalized spacial score (nSPS) is 14.9. The van der Waals surface area contributed by atoms with Crippen LogP contribution in [0.1, 0.15) is 26.3 Å². The number of anilines is 1. The molecule has 1 rings (SSSR count). The summed E-state index contributed by atoms with van der Waals surface area (Å²) in [4.78, 5) is 0. The van der Waals surface area contributed by atoms with Crippen LogP contribution < -0.4 is 5.32 Å². The van der Waals surface area contributed by atoms with Crippen LogP contribution in [0.2, 0.25) is 0 Å². The van der Waals surface area contributed by atoms with Gasteiger partial charge in [0.05, 0.1) is 5.60 Å². The van der Waals surface area contributed by atoms with E-state index >= 15 is 0 Å². The first kappa shape index (κ1) is 13.0. The van der Waals surface area contributed by atoms with Crippen molar-refractivity contribution >= 4 is 5.69 Å². The molecule has 0 aliphatic heterocycles. The molecule has 2 nitrogen and oxygen atoms in total. The second-order valence-electron chi connectivity index (χ2n) is 4.82. The molecule has 3 heteroatoms. The SMILES string of the molecule is Cc1ccc(F)cc1NCC(C)(O)C(C)C. The van der Waals surface area contributed by atoms with Crippen molar-refractivity contribution in [3.8, 4) is 0 Å². The molecule has 16 heavy (non-hydrogen) atoms. The highest BCUT2D eigenvalue weighted by molar-refractivity contribution is 5.50. The first-order valence-corrected chi connectivity index (χ1v) is 5.55. The molecule has 0 aromatic heterocycles. The molecule has 1 unspecified atom stereocenters. The molecule has 0 saturated heterocycles. The number of hydrogen-bond donors (Lipinski definition) is 2. The highest BCUT2D eigenvalue weighted by atomic mass is 19.1. The molecule has 1 atom stereocenters. The second kappa shape index (κ2) is 4.83. The first-order valence-electron chi connectivity index (χ1n) is 5.55. The van der Waals surface area contributed by atoms with Crippen molar-refractivity contribution in [3.63, 3.8) is 0 Å². The summed E-state index contributed by atoms with van der Waals surface area (Å²) in [5.74, 6) is -0.119. The maximum Gasteiger partial charge on any atom is 0.125 e. The number of halogens is 1. The van der Waals surface area contributed by atoms with Crippen LogP contribution in [0.15, 0.2) is 18.2 Å². The Morgan fingerprint density at radius 2 is 2.06 bits per heavy atom. The largest absolute Gasteiger partial charge is 0.388 e. The fourth-order valence-electron chi connectivity index (χ4n) is 1.26. The quantitative estimate of drug-likeness (QED) is 0.825. The smallest absolute Gasteiger partial charge is 0.125 e. The van der Waals surface area contributed by atoms with E-state index in [4.69, 9.17) is 0 Å². The van der Waals surface area contributed by atoms with Gasteiger partial charge in [0.2, 0.25) is 0 Å². The van der Waals surface area contributed by atoms with Crippen molar-refractivity contribution in [3.05, 3.63) is 29.6 Å². The topological polar surface area (TPSA) is 32.3 Å². The lowest BCUT2D eigenvalue weighted by Gasteiger charge is -2.28. The Kier molecular flexibility index (Phi) is 3.92. The van der Waals surface area contributed by atoms with Crippen LogP contribution >= 0.6 is 0 Å². The lowest BCUT2D eigenvalue weighted by atomic mass is 9.92. The predicted octanol–water partition coefficient (Wildman–Crippen LogP) is 2.95. The van der Waals surface area contributed by atoms with Gasteiger partial charge in [-0.15, -0.1) is 0 Å². The highest BCUT2D eigenvalue weighted by Gasteiger charge is 2.24. The van der Waals surface area contributed by atoms with Gasteiger partial charge in [0.25, 0.3) is 0 Å². The van der Waals surface area contributed by atoms with Gasteiger partial charge in [-0.3, -0.25) is 0 Å². The van der Waals surface area contributed by atoms with Crippen LogP contribution in [0.5, 0.6) is 0 Å². The summed E-state index contributed by atoms with van der Waals surface area (Å²) >= 11 is 0. The van der Waals surface area contributed by atoms with Gasteiger partial charge in [0, 0.05) is 12.2 Å². The Hall–Kier alpha value is -1.09. The van der Waals surface area contributed by atoms with E-state index in [-0.39, 0.29) is 11.7 Å². The number of hydrogen-bond acceptors (Lipinski definition) is 2. The number of nitrogens with one attached hydrogen (secondary N) is 1. The minimum Gasteiger partial charge on any atom is -0.388 e. The molecule has 0 saturated carbocycles. The second-order valence-corrected chi connectivity index (χ2v) is 4.82. The van der Waals surface area contributed by atoms with Crippen LogP contribution in [0.25, 0.3) is 0 Å². The summed E-state index contributed by atoms with van der Waals surface area (Å²) in [5.41, 5.74) is 0.917. The lowest BCUT2D eigenvalue weighted by molar-refractivity contribution is 0.0266. The Morgan fingerprint density at radius 1 is 1.44 bits per heavy atom. The average Bonchev–Trinajstić information content (AvgIpc) is 2.19. The van der Waals surface area contributed by atoms with E-state index in [9.17, 15) is 9.50 Å². The molecular weight excluding hydrogens is 205 g/mol. The van der Waals surface area contributed by atoms with Gasteiger partial charge >= 0.3 is 0 Å². The average molecular weight is 225 g/mol. The van der Waals surface area contributed by atoms with E-state index in [1.807, 2.05) is 20.8 Å². The summed E-state index contributed by atoms with van der Waals surface area (Å²) in [5, 5.41) is 13.1. The van der Waals surface area contributed by atoms with E-state index in [1.165, 1.54) is 12.1 Å². The first-order chi connectivity index (χ1) is 7.33. The minimum absolute atomic E-state index is 0.147. The molecule has 0 fully saturated rings. The Labute approximate surface area is 96.5 Å². The van der Waals surface area contributed by atoms with Crippen molar-refractivity contribution in [2.75, 3.05) is 11.9 Å². The number of rotatable bonds is 4. The van der Waals surface area contributed by atoms with Gasteiger partial charge < -0.3 is 10.4 Å². The molecule has 0 bridgehead atoms. The monoisotopic (exact) mass is 225 g/mol. The van der Waals surface area contributed by atoms with Crippen LogP contribution in [-0.2, 0) is 0 Å². The maximum absolute atomic E-state index is 13.0. The van der Waals surface area contributed by atoms with E-state index in [2.05, 4.69) is 5.32 Å². The van der Waals surface area contributed by atoms with Crippen molar-refractivity contribution in [1.29, 1.82) is 0 Å². The molecule has 0 aliphatic rings. The van der Waals surface area contributed by atoms with E-state index < -0.39 is 5.60 Å². The van der Waals surface area contributed by atoms with Gasteiger partial charge in [-0.2, -0.15) is 0 Å². The third kappa shape index (κ3) is 3.20. The zero-order chi connectivity index (χ0) is 12.3. The fourth-order valence-corrected chi connectivity index (χ4v) is 1.26. The van der Waals surface area contributed by atoms with Crippen LogP contribution in [0.3, 0.4) is 0 Å². The van der Waals surface area contributed by atoms with Crippen LogP contribution in [-0.4, -0.2) is 17.3 Å². The van der Waals surface area contributed by atoms with Gasteiger partial charge in [-0.25, -0.2) is 4.39 Å². The minimum atomic E-state index is -0.793. The molecule has 90 valence electrons. The highest BCUT2D eigenvalue weighted by Crippen LogP contribution is 2.20. The van der Waals surface area contributed by atoms with Gasteiger partial charge in [0.1, 0.15) is 5.82 Å². The molecule has 1 aromatic rings. The van der Waals surface area contributed by atoms with Gasteiger partial charge in [-0.1, -0.05) is 19.9 Å². The fraction of sp³-hybridized carbons (Fsp3) is 0.538. The summed E-state index contributed by atoms with van der Waals surface area (Å²) < 4.78 is 13.0. The van der Waals surface area contributed by atoms with Crippen molar-refractivity contribution < 1.29 is 9.50 Å². The summed E-state index contributed by atoms with van der Waals surface area (Å²) in [6.45, 7) is 8.01. The molecule has 0 amide bonds. The standard InChI is InChI=1S/C13H20FNO/c1-9(2)13(4,16)8-15-12-7-11(14)6-5-10(12)3/h5-7,9,15-16H,8H2,1-4H3. The van der Waals surface area contributed by atoms with E-state index in [0.29, 0.717) is 6.54 Å². The Balaban J connectivity index is 2.71. The maximum atomic E-state index is 13.0. The van der Waals surface area contributed by atoms with Crippen molar-refractivity contribution in [2.45, 2.75) is 33.3 Å². The zero-order valence-electron chi connectivity index (χ0n) is 10.3. The van der Waals surface area contributed by atoms with Gasteiger partial charge in [0.15, 0.2) is 0 Å². The zero-order valence-corrected chi connectivity index (χ0v) is 10.3. The molecule has 0 heterocycles. The van der Waals surface area contributed by atoms with Crippen molar-refractivity contribution in [2.24, 2.45) is 5.92 Å². The molecule has 0 aliphatic carbocycles. The molecule has 0 radical (unpaired) electrons. The molecule has 2 N–H and O–H groups in total. The molecule has 1 aromatic carbocycles. The van der Waals surface area contributed by atoms with Crippen LogP contribution in [0.4, 0.5) is 10.1 Å². The number of benzene rings is 1. The van der Waals surface area contributed by atoms with Gasteiger partial charge in [-0.05, 0) is 37.5 Å². The lowest BCUT2D eigenvalue weighted by Crippen LogP contribution is -2.38. The van der Waals surface area contributed by atoms with E-state index in [0.717, 1.165) is 11.3 Å². The van der Waals surface area contributed by atoms with E-state index in [1.54, 1.807) is 13.0 Å². The third-order valence-electron chi connectivity index (χ3n) is 3.08.